The molecular formula is C13H17BrFNO2S. The molecule has 1 heterocycles. The maximum atomic E-state index is 13.1. The molecule has 19 heavy (non-hydrogen) atoms. The van der Waals surface area contributed by atoms with Crippen LogP contribution in [0.3, 0.4) is 0 Å². The predicted molar refractivity (Wildman–Crippen MR) is 77.3 cm³/mol. The minimum atomic E-state index is -2.93. The zero-order chi connectivity index (χ0) is 14.3. The summed E-state index contributed by atoms with van der Waals surface area (Å²) in [4.78, 5) is 0. The van der Waals surface area contributed by atoms with Crippen LogP contribution in [0.5, 0.6) is 0 Å². The number of benzene rings is 1. The molecule has 2 unspecified atom stereocenters. The van der Waals surface area contributed by atoms with Gasteiger partial charge in [0, 0.05) is 16.1 Å². The highest BCUT2D eigenvalue weighted by Crippen LogP contribution is 2.29. The van der Waals surface area contributed by atoms with Crippen LogP contribution in [0, 0.1) is 5.82 Å². The van der Waals surface area contributed by atoms with E-state index in [1.165, 1.54) is 12.1 Å². The van der Waals surface area contributed by atoms with Crippen LogP contribution in [0.25, 0.3) is 0 Å². The predicted octanol–water partition coefficient (Wildman–Crippen LogP) is 2.82. The van der Waals surface area contributed by atoms with Crippen LogP contribution in [0.4, 0.5) is 4.39 Å². The van der Waals surface area contributed by atoms with Gasteiger partial charge in [-0.3, -0.25) is 0 Å². The Labute approximate surface area is 121 Å². The molecule has 106 valence electrons. The van der Waals surface area contributed by atoms with Crippen molar-refractivity contribution in [1.29, 1.82) is 0 Å². The standard InChI is InChI=1S/C13H17BrFNO2S/c1-9(11-4-3-10(15)7-12(11)14)16-13(2)5-6-19(17,18)8-13/h3-4,7,9,16H,5-6,8H2,1-2H3. The van der Waals surface area contributed by atoms with Gasteiger partial charge in [-0.05, 0) is 38.0 Å². The zero-order valence-corrected chi connectivity index (χ0v) is 13.3. The lowest BCUT2D eigenvalue weighted by molar-refractivity contribution is 0.354. The van der Waals surface area contributed by atoms with E-state index in [1.807, 2.05) is 13.8 Å². The van der Waals surface area contributed by atoms with Crippen molar-refractivity contribution in [2.45, 2.75) is 31.8 Å². The summed E-state index contributed by atoms with van der Waals surface area (Å²) >= 11 is 3.34. The fourth-order valence-electron chi connectivity index (χ4n) is 2.58. The van der Waals surface area contributed by atoms with Crippen LogP contribution in [0.2, 0.25) is 0 Å². The van der Waals surface area contributed by atoms with E-state index in [1.54, 1.807) is 6.07 Å². The van der Waals surface area contributed by atoms with Crippen LogP contribution in [-0.2, 0) is 9.84 Å². The second-order valence-electron chi connectivity index (χ2n) is 5.43. The quantitative estimate of drug-likeness (QED) is 0.912. The number of rotatable bonds is 3. The third-order valence-electron chi connectivity index (χ3n) is 3.50. The van der Waals surface area contributed by atoms with Gasteiger partial charge in [-0.15, -0.1) is 0 Å². The molecule has 1 aromatic rings. The van der Waals surface area contributed by atoms with E-state index >= 15 is 0 Å². The molecule has 0 aliphatic carbocycles. The summed E-state index contributed by atoms with van der Waals surface area (Å²) in [7, 11) is -2.93. The lowest BCUT2D eigenvalue weighted by Crippen LogP contribution is -2.44. The van der Waals surface area contributed by atoms with E-state index in [0.29, 0.717) is 10.9 Å². The van der Waals surface area contributed by atoms with E-state index in [9.17, 15) is 12.8 Å². The molecule has 1 aliphatic heterocycles. The third kappa shape index (κ3) is 3.55. The van der Waals surface area contributed by atoms with Crippen molar-refractivity contribution in [1.82, 2.24) is 5.32 Å². The fourth-order valence-corrected chi connectivity index (χ4v) is 5.38. The van der Waals surface area contributed by atoms with Gasteiger partial charge in [0.1, 0.15) is 5.82 Å². The zero-order valence-electron chi connectivity index (χ0n) is 10.9. The van der Waals surface area contributed by atoms with Gasteiger partial charge in [0.25, 0.3) is 0 Å². The van der Waals surface area contributed by atoms with Crippen LogP contribution in [-0.4, -0.2) is 25.5 Å². The maximum absolute atomic E-state index is 13.1. The number of nitrogens with one attached hydrogen (secondary N) is 1. The van der Waals surface area contributed by atoms with Crippen molar-refractivity contribution in [2.75, 3.05) is 11.5 Å². The van der Waals surface area contributed by atoms with Crippen molar-refractivity contribution in [3.05, 3.63) is 34.1 Å². The Morgan fingerprint density at radius 3 is 2.68 bits per heavy atom. The first kappa shape index (κ1) is 14.9. The topological polar surface area (TPSA) is 46.2 Å². The molecule has 2 rings (SSSR count). The summed E-state index contributed by atoms with van der Waals surface area (Å²) in [5.74, 6) is 0.0919. The summed E-state index contributed by atoms with van der Waals surface area (Å²) < 4.78 is 36.9. The third-order valence-corrected chi connectivity index (χ3v) is 6.09. The second-order valence-corrected chi connectivity index (χ2v) is 8.47. The highest BCUT2D eigenvalue weighted by Gasteiger charge is 2.39. The minimum absolute atomic E-state index is 0.0479. The molecule has 0 spiro atoms. The molecule has 6 heteroatoms. The molecule has 0 bridgehead atoms. The molecule has 3 nitrogen and oxygen atoms in total. The fraction of sp³-hybridized carbons (Fsp3) is 0.538. The molecule has 2 atom stereocenters. The van der Waals surface area contributed by atoms with Gasteiger partial charge >= 0.3 is 0 Å². The van der Waals surface area contributed by atoms with Crippen LogP contribution >= 0.6 is 15.9 Å². The Hall–Kier alpha value is -0.460. The molecule has 0 aromatic heterocycles. The molecule has 0 radical (unpaired) electrons. The minimum Gasteiger partial charge on any atom is -0.304 e. The van der Waals surface area contributed by atoms with E-state index in [0.717, 1.165) is 5.56 Å². The maximum Gasteiger partial charge on any atom is 0.152 e. The first-order valence-corrected chi connectivity index (χ1v) is 8.75. The number of hydrogen-bond donors (Lipinski definition) is 1. The smallest absolute Gasteiger partial charge is 0.152 e. The molecule has 0 saturated carbocycles. The van der Waals surface area contributed by atoms with Crippen molar-refractivity contribution in [3.8, 4) is 0 Å². The normalized spacial score (nSPS) is 27.4. The van der Waals surface area contributed by atoms with Crippen molar-refractivity contribution in [2.24, 2.45) is 0 Å². The molecule has 0 amide bonds. The summed E-state index contributed by atoms with van der Waals surface area (Å²) in [6.07, 6.45) is 0.610. The lowest BCUT2D eigenvalue weighted by atomic mass is 9.98. The molecular weight excluding hydrogens is 333 g/mol. The molecule has 1 aromatic carbocycles. The van der Waals surface area contributed by atoms with Gasteiger partial charge in [0.05, 0.1) is 11.5 Å². The average Bonchev–Trinajstić information content (AvgIpc) is 2.52. The molecule has 1 aliphatic rings. The SMILES string of the molecule is CC(NC1(C)CCS(=O)(=O)C1)c1ccc(F)cc1Br. The first-order valence-electron chi connectivity index (χ1n) is 6.14. The Morgan fingerprint density at radius 1 is 1.47 bits per heavy atom. The van der Waals surface area contributed by atoms with Crippen molar-refractivity contribution in [3.63, 3.8) is 0 Å². The van der Waals surface area contributed by atoms with E-state index < -0.39 is 15.4 Å². The first-order chi connectivity index (χ1) is 8.71. The largest absolute Gasteiger partial charge is 0.304 e. The summed E-state index contributed by atoms with van der Waals surface area (Å²) in [5, 5.41) is 3.36. The van der Waals surface area contributed by atoms with Gasteiger partial charge in [0.2, 0.25) is 0 Å². The molecule has 1 saturated heterocycles. The number of hydrogen-bond acceptors (Lipinski definition) is 3. The highest BCUT2D eigenvalue weighted by molar-refractivity contribution is 9.10. The number of halogens is 2. The summed E-state index contributed by atoms with van der Waals surface area (Å²) in [6.45, 7) is 3.87. The summed E-state index contributed by atoms with van der Waals surface area (Å²) in [5.41, 5.74) is 0.512. The Morgan fingerprint density at radius 2 is 2.16 bits per heavy atom. The van der Waals surface area contributed by atoms with Crippen LogP contribution in [0.1, 0.15) is 31.9 Å². The number of sulfone groups is 1. The highest BCUT2D eigenvalue weighted by atomic mass is 79.9. The van der Waals surface area contributed by atoms with E-state index in [4.69, 9.17) is 0 Å². The Bertz CT molecular complexity index is 590. The van der Waals surface area contributed by atoms with Gasteiger partial charge in [-0.25, -0.2) is 12.8 Å². The molecule has 1 fully saturated rings. The lowest BCUT2D eigenvalue weighted by Gasteiger charge is -2.29. The van der Waals surface area contributed by atoms with Gasteiger partial charge < -0.3 is 5.32 Å². The van der Waals surface area contributed by atoms with Crippen molar-refractivity contribution >= 4 is 25.8 Å². The Balaban J connectivity index is 2.15. The Kier molecular flexibility index (Phi) is 4.05. The summed E-state index contributed by atoms with van der Waals surface area (Å²) in [6, 6.07) is 4.49. The van der Waals surface area contributed by atoms with Crippen LogP contribution < -0.4 is 5.32 Å². The average molecular weight is 350 g/mol. The van der Waals surface area contributed by atoms with Gasteiger partial charge in [-0.1, -0.05) is 22.0 Å². The van der Waals surface area contributed by atoms with Crippen LogP contribution in [0.15, 0.2) is 22.7 Å². The van der Waals surface area contributed by atoms with Crippen molar-refractivity contribution < 1.29 is 12.8 Å². The monoisotopic (exact) mass is 349 g/mol. The molecule has 1 N–H and O–H groups in total. The van der Waals surface area contributed by atoms with E-state index in [2.05, 4.69) is 21.2 Å². The van der Waals surface area contributed by atoms with E-state index in [-0.39, 0.29) is 23.4 Å². The second kappa shape index (κ2) is 5.14. The van der Waals surface area contributed by atoms with Gasteiger partial charge in [-0.2, -0.15) is 0 Å². The van der Waals surface area contributed by atoms with Gasteiger partial charge in [0.15, 0.2) is 9.84 Å².